The summed E-state index contributed by atoms with van der Waals surface area (Å²) >= 11 is 0. The molecule has 0 aliphatic carbocycles. The molecule has 108 valence electrons. The van der Waals surface area contributed by atoms with Gasteiger partial charge in [0, 0.05) is 18.6 Å². The summed E-state index contributed by atoms with van der Waals surface area (Å²) in [4.78, 5) is 21.5. The number of aliphatic carboxylic acids is 1. The van der Waals surface area contributed by atoms with Crippen LogP contribution in [0.5, 0.6) is 5.75 Å². The summed E-state index contributed by atoms with van der Waals surface area (Å²) in [6.07, 6.45) is -1.05. The van der Waals surface area contributed by atoms with Gasteiger partial charge in [0.2, 0.25) is 0 Å². The van der Waals surface area contributed by atoms with Gasteiger partial charge in [-0.15, -0.1) is 0 Å². The number of para-hydroxylation sites is 1. The van der Waals surface area contributed by atoms with E-state index in [1.807, 2.05) is 0 Å². The molecule has 0 radical (unpaired) electrons. The van der Waals surface area contributed by atoms with E-state index in [-0.39, 0.29) is 12.1 Å². The number of benzene rings is 2. The molecule has 2 rings (SSSR count). The molecular weight excluding hydrogens is 274 g/mol. The van der Waals surface area contributed by atoms with Gasteiger partial charge in [0.25, 0.3) is 5.69 Å². The molecule has 6 nitrogen and oxygen atoms in total. The molecule has 6 heteroatoms. The Morgan fingerprint density at radius 1 is 1.19 bits per heavy atom. The molecule has 1 N–H and O–H groups in total. The average molecular weight is 287 g/mol. The Kier molecular flexibility index (Phi) is 4.50. The molecule has 0 bridgehead atoms. The van der Waals surface area contributed by atoms with Crippen molar-refractivity contribution in [2.24, 2.45) is 0 Å². The molecule has 0 saturated carbocycles. The second-order valence-electron chi connectivity index (χ2n) is 4.39. The van der Waals surface area contributed by atoms with Crippen molar-refractivity contribution in [3.63, 3.8) is 0 Å². The third-order valence-electron chi connectivity index (χ3n) is 2.84. The molecule has 0 saturated heterocycles. The Bertz CT molecular complexity index is 642. The number of hydrogen-bond donors (Lipinski definition) is 1. The Morgan fingerprint density at radius 3 is 2.52 bits per heavy atom. The molecule has 0 heterocycles. The summed E-state index contributed by atoms with van der Waals surface area (Å²) in [5.74, 6) is -0.680. The first-order valence-electron chi connectivity index (χ1n) is 6.24. The second-order valence-corrected chi connectivity index (χ2v) is 4.39. The summed E-state index contributed by atoms with van der Waals surface area (Å²) in [5.41, 5.74) is 0.462. The lowest BCUT2D eigenvalue weighted by molar-refractivity contribution is -0.384. The van der Waals surface area contributed by atoms with E-state index in [4.69, 9.17) is 4.74 Å². The third kappa shape index (κ3) is 4.04. The summed E-state index contributed by atoms with van der Waals surface area (Å²) in [6.45, 7) is 0. The van der Waals surface area contributed by atoms with Crippen molar-refractivity contribution >= 4 is 11.7 Å². The second kappa shape index (κ2) is 6.51. The molecule has 1 unspecified atom stereocenters. The Labute approximate surface area is 120 Å². The van der Waals surface area contributed by atoms with Crippen LogP contribution < -0.4 is 4.74 Å². The lowest BCUT2D eigenvalue weighted by Crippen LogP contribution is -2.29. The third-order valence-corrected chi connectivity index (χ3v) is 2.84. The molecule has 1 atom stereocenters. The van der Waals surface area contributed by atoms with Gasteiger partial charge in [0.05, 0.1) is 4.92 Å². The standard InChI is InChI=1S/C15H13NO5/c17-15(18)14(21-13-7-2-1-3-8-13)10-11-5-4-6-12(9-11)16(19)20/h1-9,14H,10H2,(H,17,18). The van der Waals surface area contributed by atoms with Crippen LogP contribution in [0.4, 0.5) is 5.69 Å². The number of hydrogen-bond acceptors (Lipinski definition) is 4. The van der Waals surface area contributed by atoms with Crippen LogP contribution in [-0.2, 0) is 11.2 Å². The Morgan fingerprint density at radius 2 is 1.90 bits per heavy atom. The fourth-order valence-corrected chi connectivity index (χ4v) is 1.85. The fourth-order valence-electron chi connectivity index (χ4n) is 1.85. The highest BCUT2D eigenvalue weighted by Gasteiger charge is 2.21. The van der Waals surface area contributed by atoms with E-state index in [0.717, 1.165) is 0 Å². The molecular formula is C15H13NO5. The lowest BCUT2D eigenvalue weighted by atomic mass is 10.1. The number of carboxylic acids is 1. The number of carboxylic acid groups (broad SMARTS) is 1. The molecule has 21 heavy (non-hydrogen) atoms. The van der Waals surface area contributed by atoms with Crippen LogP contribution in [0.15, 0.2) is 54.6 Å². The van der Waals surface area contributed by atoms with E-state index in [0.29, 0.717) is 11.3 Å². The SMILES string of the molecule is O=C(O)C(Cc1cccc([N+](=O)[O-])c1)Oc1ccccc1. The van der Waals surface area contributed by atoms with Crippen molar-refractivity contribution in [3.05, 3.63) is 70.3 Å². The first-order valence-corrected chi connectivity index (χ1v) is 6.24. The van der Waals surface area contributed by atoms with Crippen molar-refractivity contribution in [1.29, 1.82) is 0 Å². The predicted octanol–water partition coefficient (Wildman–Crippen LogP) is 2.67. The van der Waals surface area contributed by atoms with Crippen LogP contribution in [0.25, 0.3) is 0 Å². The fraction of sp³-hybridized carbons (Fsp3) is 0.133. The molecule has 0 spiro atoms. The zero-order chi connectivity index (χ0) is 15.2. The van der Waals surface area contributed by atoms with Gasteiger partial charge in [-0.2, -0.15) is 0 Å². The minimum atomic E-state index is -1.12. The summed E-state index contributed by atoms with van der Waals surface area (Å²) in [6, 6.07) is 14.5. The van der Waals surface area contributed by atoms with Crippen molar-refractivity contribution < 1.29 is 19.6 Å². The molecule has 0 aromatic heterocycles. The van der Waals surface area contributed by atoms with E-state index >= 15 is 0 Å². The Balaban J connectivity index is 2.15. The maximum atomic E-state index is 11.3. The van der Waals surface area contributed by atoms with Gasteiger partial charge in [-0.05, 0) is 17.7 Å². The van der Waals surface area contributed by atoms with Gasteiger partial charge in [-0.3, -0.25) is 10.1 Å². The molecule has 2 aromatic rings. The van der Waals surface area contributed by atoms with E-state index in [1.54, 1.807) is 36.4 Å². The van der Waals surface area contributed by atoms with Gasteiger partial charge >= 0.3 is 5.97 Å². The number of nitro groups is 1. The van der Waals surface area contributed by atoms with Crippen LogP contribution in [0, 0.1) is 10.1 Å². The van der Waals surface area contributed by atoms with Gasteiger partial charge in [0.1, 0.15) is 5.75 Å². The van der Waals surface area contributed by atoms with E-state index in [9.17, 15) is 20.0 Å². The minimum absolute atomic E-state index is 0.0475. The molecule has 2 aromatic carbocycles. The van der Waals surface area contributed by atoms with Crippen molar-refractivity contribution in [3.8, 4) is 5.75 Å². The van der Waals surface area contributed by atoms with Crippen LogP contribution in [0.3, 0.4) is 0 Å². The average Bonchev–Trinajstić information content (AvgIpc) is 2.48. The van der Waals surface area contributed by atoms with Crippen molar-refractivity contribution in [1.82, 2.24) is 0 Å². The highest BCUT2D eigenvalue weighted by atomic mass is 16.6. The smallest absolute Gasteiger partial charge is 0.345 e. The van der Waals surface area contributed by atoms with Crippen LogP contribution in [0.1, 0.15) is 5.56 Å². The van der Waals surface area contributed by atoms with Gasteiger partial charge < -0.3 is 9.84 Å². The number of nitro benzene ring substituents is 1. The summed E-state index contributed by atoms with van der Waals surface area (Å²) < 4.78 is 5.41. The monoisotopic (exact) mass is 287 g/mol. The highest BCUT2D eigenvalue weighted by molar-refractivity contribution is 5.73. The molecule has 0 fully saturated rings. The van der Waals surface area contributed by atoms with Crippen LogP contribution >= 0.6 is 0 Å². The zero-order valence-electron chi connectivity index (χ0n) is 11.0. The van der Waals surface area contributed by atoms with E-state index in [1.165, 1.54) is 18.2 Å². The van der Waals surface area contributed by atoms with E-state index < -0.39 is 17.0 Å². The van der Waals surface area contributed by atoms with Gasteiger partial charge in [-0.25, -0.2) is 4.79 Å². The predicted molar refractivity (Wildman–Crippen MR) is 75.3 cm³/mol. The maximum absolute atomic E-state index is 11.3. The number of non-ortho nitro benzene ring substituents is 1. The van der Waals surface area contributed by atoms with Crippen molar-refractivity contribution in [2.75, 3.05) is 0 Å². The van der Waals surface area contributed by atoms with Crippen LogP contribution in [0.2, 0.25) is 0 Å². The van der Waals surface area contributed by atoms with Gasteiger partial charge in [0.15, 0.2) is 6.10 Å². The quantitative estimate of drug-likeness (QED) is 0.651. The molecule has 0 aliphatic heterocycles. The van der Waals surface area contributed by atoms with Crippen LogP contribution in [-0.4, -0.2) is 22.1 Å². The van der Waals surface area contributed by atoms with E-state index in [2.05, 4.69) is 0 Å². The first kappa shape index (κ1) is 14.5. The first-order chi connectivity index (χ1) is 10.1. The van der Waals surface area contributed by atoms with Crippen molar-refractivity contribution in [2.45, 2.75) is 12.5 Å². The summed E-state index contributed by atoms with van der Waals surface area (Å²) in [5, 5.41) is 19.9. The summed E-state index contributed by atoms with van der Waals surface area (Å²) in [7, 11) is 0. The van der Waals surface area contributed by atoms with Gasteiger partial charge in [-0.1, -0.05) is 30.3 Å². The molecule has 0 amide bonds. The molecule has 0 aliphatic rings. The largest absolute Gasteiger partial charge is 0.478 e. The number of nitrogens with zero attached hydrogens (tertiary/aromatic N) is 1. The number of ether oxygens (including phenoxy) is 1. The highest BCUT2D eigenvalue weighted by Crippen LogP contribution is 2.17. The number of rotatable bonds is 6. The lowest BCUT2D eigenvalue weighted by Gasteiger charge is -2.15. The normalized spacial score (nSPS) is 11.6. The zero-order valence-corrected chi connectivity index (χ0v) is 11.0. The maximum Gasteiger partial charge on any atom is 0.345 e. The Hall–Kier alpha value is -2.89. The number of carbonyl (C=O) groups is 1. The minimum Gasteiger partial charge on any atom is -0.478 e. The topological polar surface area (TPSA) is 89.7 Å².